The van der Waals surface area contributed by atoms with Crippen LogP contribution in [0.1, 0.15) is 50.5 Å². The summed E-state index contributed by atoms with van der Waals surface area (Å²) in [7, 11) is 0. The van der Waals surface area contributed by atoms with Gasteiger partial charge in [0.15, 0.2) is 0 Å². The summed E-state index contributed by atoms with van der Waals surface area (Å²) in [6.07, 6.45) is 3.58. The second-order valence-electron chi connectivity index (χ2n) is 6.15. The number of aryl methyl sites for hydroxylation is 1. The number of hydrogen-bond acceptors (Lipinski definition) is 2. The predicted octanol–water partition coefficient (Wildman–Crippen LogP) is 3.31. The fraction of sp³-hybridized carbons (Fsp3) is 0.562. The van der Waals surface area contributed by atoms with Crippen molar-refractivity contribution in [2.45, 2.75) is 51.5 Å². The van der Waals surface area contributed by atoms with Crippen LogP contribution in [0, 0.1) is 6.92 Å². The lowest BCUT2D eigenvalue weighted by atomic mass is 9.86. The van der Waals surface area contributed by atoms with E-state index in [0.717, 1.165) is 11.9 Å². The summed E-state index contributed by atoms with van der Waals surface area (Å²) < 4.78 is 2.45. The van der Waals surface area contributed by atoms with Gasteiger partial charge in [-0.3, -0.25) is 0 Å². The van der Waals surface area contributed by atoms with Crippen molar-refractivity contribution in [3.8, 4) is 0 Å². The average molecular weight is 257 g/mol. The van der Waals surface area contributed by atoms with Crippen LogP contribution in [0.15, 0.2) is 18.2 Å². The maximum atomic E-state index is 6.04. The highest BCUT2D eigenvalue weighted by atomic mass is 15.1. The Morgan fingerprint density at radius 3 is 2.74 bits per heavy atom. The van der Waals surface area contributed by atoms with Crippen molar-refractivity contribution in [1.82, 2.24) is 9.55 Å². The first-order valence-electron chi connectivity index (χ1n) is 7.28. The highest BCUT2D eigenvalue weighted by Gasteiger charge is 2.35. The number of rotatable bonds is 4. The molecule has 0 saturated heterocycles. The highest BCUT2D eigenvalue weighted by molar-refractivity contribution is 5.77. The van der Waals surface area contributed by atoms with Crippen LogP contribution in [0.2, 0.25) is 0 Å². The summed E-state index contributed by atoms with van der Waals surface area (Å²) >= 11 is 0. The van der Waals surface area contributed by atoms with Crippen LogP contribution in [-0.4, -0.2) is 16.1 Å². The summed E-state index contributed by atoms with van der Waals surface area (Å²) in [5.74, 6) is 1.18. The van der Waals surface area contributed by atoms with Gasteiger partial charge >= 0.3 is 0 Å². The Kier molecular flexibility index (Phi) is 2.90. The molecule has 0 bridgehead atoms. The minimum atomic E-state index is -0.0183. The van der Waals surface area contributed by atoms with E-state index in [2.05, 4.69) is 43.5 Å². The lowest BCUT2D eigenvalue weighted by Gasteiger charge is -2.26. The van der Waals surface area contributed by atoms with Crippen LogP contribution in [0.3, 0.4) is 0 Å². The van der Waals surface area contributed by atoms with Gasteiger partial charge < -0.3 is 10.3 Å². The van der Waals surface area contributed by atoms with Crippen LogP contribution < -0.4 is 5.73 Å². The van der Waals surface area contributed by atoms with Gasteiger partial charge in [-0.1, -0.05) is 19.9 Å². The fourth-order valence-electron chi connectivity index (χ4n) is 2.73. The molecule has 102 valence electrons. The molecule has 0 aliphatic heterocycles. The van der Waals surface area contributed by atoms with E-state index in [1.54, 1.807) is 0 Å². The summed E-state index contributed by atoms with van der Waals surface area (Å²) in [5, 5.41) is 0. The van der Waals surface area contributed by atoms with Crippen LogP contribution in [-0.2, 0) is 5.41 Å². The van der Waals surface area contributed by atoms with Crippen molar-refractivity contribution in [2.24, 2.45) is 5.73 Å². The van der Waals surface area contributed by atoms with Crippen LogP contribution in [0.25, 0.3) is 11.0 Å². The van der Waals surface area contributed by atoms with Crippen molar-refractivity contribution >= 4 is 11.0 Å². The molecule has 1 saturated carbocycles. The van der Waals surface area contributed by atoms with Gasteiger partial charge in [0.05, 0.1) is 11.0 Å². The van der Waals surface area contributed by atoms with Gasteiger partial charge in [0.1, 0.15) is 5.82 Å². The molecule has 1 aliphatic rings. The van der Waals surface area contributed by atoms with E-state index in [4.69, 9.17) is 10.7 Å². The molecule has 2 N–H and O–H groups in total. The van der Waals surface area contributed by atoms with E-state index in [9.17, 15) is 0 Å². The molecule has 0 amide bonds. The summed E-state index contributed by atoms with van der Waals surface area (Å²) in [6, 6.07) is 7.22. The van der Waals surface area contributed by atoms with Gasteiger partial charge in [0.25, 0.3) is 0 Å². The third-order valence-electron chi connectivity index (χ3n) is 4.53. The Morgan fingerprint density at radius 1 is 1.42 bits per heavy atom. The normalized spacial score (nSPS) is 18.7. The average Bonchev–Trinajstić information content (AvgIpc) is 3.18. The van der Waals surface area contributed by atoms with Crippen LogP contribution >= 0.6 is 0 Å². The smallest absolute Gasteiger partial charge is 0.117 e. The maximum absolute atomic E-state index is 6.04. The van der Waals surface area contributed by atoms with Gasteiger partial charge in [-0.15, -0.1) is 0 Å². The molecule has 1 heterocycles. The lowest BCUT2D eigenvalue weighted by molar-refractivity contribution is 0.418. The van der Waals surface area contributed by atoms with Gasteiger partial charge in [0.2, 0.25) is 0 Å². The zero-order valence-corrected chi connectivity index (χ0v) is 12.1. The molecule has 1 aliphatic carbocycles. The van der Waals surface area contributed by atoms with Crippen LogP contribution in [0.4, 0.5) is 0 Å². The minimum absolute atomic E-state index is 0.0183. The number of hydrogen-bond donors (Lipinski definition) is 1. The molecule has 1 fully saturated rings. The molecule has 1 aromatic carbocycles. The first-order valence-corrected chi connectivity index (χ1v) is 7.28. The predicted molar refractivity (Wildman–Crippen MR) is 79.4 cm³/mol. The zero-order chi connectivity index (χ0) is 13.6. The van der Waals surface area contributed by atoms with Crippen molar-refractivity contribution < 1.29 is 0 Å². The van der Waals surface area contributed by atoms with E-state index in [1.807, 2.05) is 0 Å². The molecule has 3 heteroatoms. The zero-order valence-electron chi connectivity index (χ0n) is 12.1. The minimum Gasteiger partial charge on any atom is -0.329 e. The first-order chi connectivity index (χ1) is 9.09. The van der Waals surface area contributed by atoms with E-state index in [0.29, 0.717) is 12.6 Å². The fourth-order valence-corrected chi connectivity index (χ4v) is 2.73. The summed E-state index contributed by atoms with van der Waals surface area (Å²) in [6.45, 7) is 7.21. The van der Waals surface area contributed by atoms with Gasteiger partial charge in [-0.25, -0.2) is 4.98 Å². The standard InChI is InChI=1S/C16H23N3/c1-4-16(3,10-17)15-18-13-9-11(2)5-8-14(13)19(15)12-6-7-12/h5,8-9,12H,4,6-7,10,17H2,1-3H3. The third kappa shape index (κ3) is 1.96. The molecule has 0 radical (unpaired) electrons. The Morgan fingerprint density at radius 2 is 2.16 bits per heavy atom. The molecule has 2 aromatic rings. The largest absolute Gasteiger partial charge is 0.329 e. The van der Waals surface area contributed by atoms with E-state index in [1.165, 1.54) is 29.7 Å². The Balaban J connectivity index is 2.25. The molecule has 19 heavy (non-hydrogen) atoms. The molecular formula is C16H23N3. The van der Waals surface area contributed by atoms with Crippen molar-refractivity contribution in [3.63, 3.8) is 0 Å². The Bertz CT molecular complexity index is 604. The SMILES string of the molecule is CCC(C)(CN)c1nc2cc(C)ccc2n1C1CC1. The number of fused-ring (bicyclic) bond motifs is 1. The molecule has 1 unspecified atom stereocenters. The van der Waals surface area contributed by atoms with E-state index in [-0.39, 0.29) is 5.41 Å². The Labute approximate surface area is 114 Å². The van der Waals surface area contributed by atoms with Gasteiger partial charge in [-0.2, -0.15) is 0 Å². The molecule has 0 spiro atoms. The van der Waals surface area contributed by atoms with Crippen LogP contribution in [0.5, 0.6) is 0 Å². The van der Waals surface area contributed by atoms with E-state index >= 15 is 0 Å². The topological polar surface area (TPSA) is 43.8 Å². The third-order valence-corrected chi connectivity index (χ3v) is 4.53. The van der Waals surface area contributed by atoms with Crippen molar-refractivity contribution in [3.05, 3.63) is 29.6 Å². The number of benzene rings is 1. The molecule has 1 atom stereocenters. The second kappa shape index (κ2) is 4.34. The van der Waals surface area contributed by atoms with E-state index < -0.39 is 0 Å². The number of nitrogens with zero attached hydrogens (tertiary/aromatic N) is 2. The molecule has 3 rings (SSSR count). The molecule has 3 nitrogen and oxygen atoms in total. The molecular weight excluding hydrogens is 234 g/mol. The van der Waals surface area contributed by atoms with Crippen molar-refractivity contribution in [1.29, 1.82) is 0 Å². The number of imidazole rings is 1. The number of aromatic nitrogens is 2. The first kappa shape index (κ1) is 12.7. The van der Waals surface area contributed by atoms with Gasteiger partial charge in [0, 0.05) is 18.0 Å². The summed E-state index contributed by atoms with van der Waals surface area (Å²) in [4.78, 5) is 4.93. The van der Waals surface area contributed by atoms with Gasteiger partial charge in [-0.05, 0) is 43.9 Å². The maximum Gasteiger partial charge on any atom is 0.117 e. The highest BCUT2D eigenvalue weighted by Crippen LogP contribution is 2.42. The lowest BCUT2D eigenvalue weighted by Crippen LogP contribution is -2.34. The molecule has 1 aromatic heterocycles. The number of nitrogens with two attached hydrogens (primary N) is 1. The Hall–Kier alpha value is -1.35. The quantitative estimate of drug-likeness (QED) is 0.913. The monoisotopic (exact) mass is 257 g/mol. The van der Waals surface area contributed by atoms with Crippen molar-refractivity contribution in [2.75, 3.05) is 6.54 Å². The summed E-state index contributed by atoms with van der Waals surface area (Å²) in [5.41, 5.74) is 9.68. The second-order valence-corrected chi connectivity index (χ2v) is 6.15.